The Hall–Kier alpha value is -1.90. The minimum atomic E-state index is -0.453. The standard InChI is InChI=1S/C18H16ClNO/c19-18-12-20-8-7-16(18)11-17(21)10-13-5-6-14-3-1-2-4-15(14)9-13/h1-9,12,17,21H,10-11H2. The molecule has 0 aliphatic rings. The van der Waals surface area contributed by atoms with E-state index in [2.05, 4.69) is 35.3 Å². The van der Waals surface area contributed by atoms with Gasteiger partial charge >= 0.3 is 0 Å². The van der Waals surface area contributed by atoms with Gasteiger partial charge in [-0.05, 0) is 34.4 Å². The molecule has 3 rings (SSSR count). The lowest BCUT2D eigenvalue weighted by Gasteiger charge is -2.12. The number of hydrogen-bond donors (Lipinski definition) is 1. The molecule has 0 radical (unpaired) electrons. The Bertz CT molecular complexity index is 757. The lowest BCUT2D eigenvalue weighted by atomic mass is 9.99. The first-order valence-electron chi connectivity index (χ1n) is 6.96. The molecule has 2 aromatic carbocycles. The maximum atomic E-state index is 10.3. The maximum absolute atomic E-state index is 10.3. The van der Waals surface area contributed by atoms with Crippen LogP contribution in [-0.2, 0) is 12.8 Å². The van der Waals surface area contributed by atoms with Crippen LogP contribution in [0, 0.1) is 0 Å². The van der Waals surface area contributed by atoms with Crippen LogP contribution in [0.25, 0.3) is 10.8 Å². The molecule has 0 saturated heterocycles. The van der Waals surface area contributed by atoms with Crippen molar-refractivity contribution in [3.05, 3.63) is 77.1 Å². The average molecular weight is 298 g/mol. The molecule has 0 spiro atoms. The monoisotopic (exact) mass is 297 g/mol. The lowest BCUT2D eigenvalue weighted by Crippen LogP contribution is -2.14. The maximum Gasteiger partial charge on any atom is 0.0622 e. The van der Waals surface area contributed by atoms with Gasteiger partial charge in [-0.15, -0.1) is 0 Å². The molecule has 1 N–H and O–H groups in total. The largest absolute Gasteiger partial charge is 0.392 e. The molecule has 1 aromatic heterocycles. The first-order chi connectivity index (χ1) is 10.2. The molecule has 0 saturated carbocycles. The molecule has 0 aliphatic heterocycles. The molecule has 0 bridgehead atoms. The molecule has 0 aliphatic carbocycles. The van der Waals surface area contributed by atoms with E-state index in [1.54, 1.807) is 12.4 Å². The fraction of sp³-hybridized carbons (Fsp3) is 0.167. The van der Waals surface area contributed by atoms with Crippen LogP contribution in [0.5, 0.6) is 0 Å². The number of rotatable bonds is 4. The second-order valence-electron chi connectivity index (χ2n) is 5.21. The zero-order valence-corrected chi connectivity index (χ0v) is 12.3. The van der Waals surface area contributed by atoms with Gasteiger partial charge in [0, 0.05) is 18.8 Å². The molecule has 1 atom stereocenters. The highest BCUT2D eigenvalue weighted by Gasteiger charge is 2.10. The Balaban J connectivity index is 1.74. The first-order valence-corrected chi connectivity index (χ1v) is 7.34. The van der Waals surface area contributed by atoms with E-state index in [0.29, 0.717) is 17.9 Å². The Morgan fingerprint density at radius 3 is 2.62 bits per heavy atom. The highest BCUT2D eigenvalue weighted by Crippen LogP contribution is 2.19. The van der Waals surface area contributed by atoms with Crippen molar-refractivity contribution < 1.29 is 5.11 Å². The summed E-state index contributed by atoms with van der Waals surface area (Å²) in [5.41, 5.74) is 2.06. The number of fused-ring (bicyclic) bond motifs is 1. The summed E-state index contributed by atoms with van der Waals surface area (Å²) in [6.45, 7) is 0. The summed E-state index contributed by atoms with van der Waals surface area (Å²) in [7, 11) is 0. The fourth-order valence-electron chi connectivity index (χ4n) is 2.53. The predicted octanol–water partition coefficient (Wildman–Crippen LogP) is 4.03. The quantitative estimate of drug-likeness (QED) is 0.788. The molecule has 0 fully saturated rings. The van der Waals surface area contributed by atoms with Crippen molar-refractivity contribution in [3.63, 3.8) is 0 Å². The van der Waals surface area contributed by atoms with Gasteiger partial charge < -0.3 is 5.11 Å². The second kappa shape index (κ2) is 6.25. The van der Waals surface area contributed by atoms with E-state index >= 15 is 0 Å². The van der Waals surface area contributed by atoms with Crippen LogP contribution in [0.4, 0.5) is 0 Å². The van der Waals surface area contributed by atoms with Crippen LogP contribution >= 0.6 is 11.6 Å². The SMILES string of the molecule is OC(Cc1ccc2ccccc2c1)Cc1ccncc1Cl. The van der Waals surface area contributed by atoms with E-state index in [1.807, 2.05) is 18.2 Å². The summed E-state index contributed by atoms with van der Waals surface area (Å²) in [6.07, 6.45) is 4.01. The Labute approximate surface area is 129 Å². The highest BCUT2D eigenvalue weighted by molar-refractivity contribution is 6.31. The third-order valence-electron chi connectivity index (χ3n) is 3.60. The number of nitrogens with zero attached hydrogens (tertiary/aromatic N) is 1. The predicted molar refractivity (Wildman–Crippen MR) is 86.6 cm³/mol. The molecule has 1 heterocycles. The number of pyridine rings is 1. The van der Waals surface area contributed by atoms with Crippen LogP contribution < -0.4 is 0 Å². The summed E-state index contributed by atoms with van der Waals surface area (Å²) < 4.78 is 0. The van der Waals surface area contributed by atoms with Gasteiger partial charge in [0.05, 0.1) is 11.1 Å². The molecule has 3 aromatic rings. The molecular formula is C18H16ClNO. The Morgan fingerprint density at radius 2 is 1.81 bits per heavy atom. The minimum Gasteiger partial charge on any atom is -0.392 e. The number of halogens is 1. The van der Waals surface area contributed by atoms with Gasteiger partial charge in [0.2, 0.25) is 0 Å². The van der Waals surface area contributed by atoms with Gasteiger partial charge in [-0.25, -0.2) is 0 Å². The molecule has 0 amide bonds. The topological polar surface area (TPSA) is 33.1 Å². The van der Waals surface area contributed by atoms with Crippen LogP contribution in [0.2, 0.25) is 5.02 Å². The summed E-state index contributed by atoms with van der Waals surface area (Å²) in [6, 6.07) is 16.4. The third kappa shape index (κ3) is 3.41. The van der Waals surface area contributed by atoms with E-state index in [1.165, 1.54) is 10.8 Å². The summed E-state index contributed by atoms with van der Waals surface area (Å²) in [4.78, 5) is 3.96. The molecule has 106 valence electrons. The normalized spacial score (nSPS) is 12.5. The Kier molecular flexibility index (Phi) is 4.18. The number of aliphatic hydroxyl groups excluding tert-OH is 1. The zero-order chi connectivity index (χ0) is 14.7. The molecule has 1 unspecified atom stereocenters. The summed E-state index contributed by atoms with van der Waals surface area (Å²) in [5.74, 6) is 0. The second-order valence-corrected chi connectivity index (χ2v) is 5.62. The number of aliphatic hydroxyl groups is 1. The minimum absolute atomic E-state index is 0.453. The molecular weight excluding hydrogens is 282 g/mol. The van der Waals surface area contributed by atoms with E-state index in [9.17, 15) is 5.11 Å². The van der Waals surface area contributed by atoms with Gasteiger partial charge in [-0.3, -0.25) is 4.98 Å². The van der Waals surface area contributed by atoms with Crippen molar-refractivity contribution in [1.82, 2.24) is 4.98 Å². The number of hydrogen-bond acceptors (Lipinski definition) is 2. The number of benzene rings is 2. The van der Waals surface area contributed by atoms with Crippen molar-refractivity contribution in [2.75, 3.05) is 0 Å². The van der Waals surface area contributed by atoms with Gasteiger partial charge in [-0.1, -0.05) is 54.1 Å². The van der Waals surface area contributed by atoms with Crippen molar-refractivity contribution in [1.29, 1.82) is 0 Å². The van der Waals surface area contributed by atoms with E-state index in [-0.39, 0.29) is 0 Å². The number of aromatic nitrogens is 1. The molecule has 21 heavy (non-hydrogen) atoms. The van der Waals surface area contributed by atoms with Crippen LogP contribution in [0.15, 0.2) is 60.9 Å². The van der Waals surface area contributed by atoms with E-state index in [4.69, 9.17) is 11.6 Å². The van der Waals surface area contributed by atoms with Crippen LogP contribution in [-0.4, -0.2) is 16.2 Å². The Morgan fingerprint density at radius 1 is 1.00 bits per heavy atom. The molecule has 3 heteroatoms. The first kappa shape index (κ1) is 14.1. The van der Waals surface area contributed by atoms with Crippen molar-refractivity contribution >= 4 is 22.4 Å². The summed E-state index contributed by atoms with van der Waals surface area (Å²) >= 11 is 6.08. The lowest BCUT2D eigenvalue weighted by molar-refractivity contribution is 0.175. The smallest absolute Gasteiger partial charge is 0.0622 e. The van der Waals surface area contributed by atoms with Crippen LogP contribution in [0.1, 0.15) is 11.1 Å². The van der Waals surface area contributed by atoms with Crippen molar-refractivity contribution in [2.45, 2.75) is 18.9 Å². The van der Waals surface area contributed by atoms with Gasteiger partial charge in [0.25, 0.3) is 0 Å². The van der Waals surface area contributed by atoms with E-state index < -0.39 is 6.10 Å². The van der Waals surface area contributed by atoms with Crippen LogP contribution in [0.3, 0.4) is 0 Å². The van der Waals surface area contributed by atoms with Crippen molar-refractivity contribution in [3.8, 4) is 0 Å². The van der Waals surface area contributed by atoms with Gasteiger partial charge in [0.15, 0.2) is 0 Å². The molecule has 2 nitrogen and oxygen atoms in total. The zero-order valence-electron chi connectivity index (χ0n) is 11.5. The van der Waals surface area contributed by atoms with Gasteiger partial charge in [-0.2, -0.15) is 0 Å². The van der Waals surface area contributed by atoms with Gasteiger partial charge in [0.1, 0.15) is 0 Å². The van der Waals surface area contributed by atoms with Crippen molar-refractivity contribution in [2.24, 2.45) is 0 Å². The fourth-order valence-corrected chi connectivity index (χ4v) is 2.73. The van der Waals surface area contributed by atoms with E-state index in [0.717, 1.165) is 11.1 Å². The highest BCUT2D eigenvalue weighted by atomic mass is 35.5. The summed E-state index contributed by atoms with van der Waals surface area (Å²) in [5, 5.41) is 13.3. The average Bonchev–Trinajstić information content (AvgIpc) is 2.49. The third-order valence-corrected chi connectivity index (χ3v) is 3.94.